The van der Waals surface area contributed by atoms with E-state index in [4.69, 9.17) is 18.9 Å². The lowest BCUT2D eigenvalue weighted by atomic mass is 10.0. The fourth-order valence-corrected chi connectivity index (χ4v) is 7.43. The van der Waals surface area contributed by atoms with Gasteiger partial charge in [-0.3, -0.25) is 9.59 Å². The van der Waals surface area contributed by atoms with Crippen LogP contribution in [0.4, 0.5) is 0 Å². The van der Waals surface area contributed by atoms with Crippen molar-refractivity contribution in [2.75, 3.05) is 47.5 Å². The molecule has 0 saturated carbocycles. The lowest BCUT2D eigenvalue weighted by Crippen LogP contribution is -2.40. The quantitative estimate of drug-likeness (QED) is 0.0211. The Morgan fingerprint density at radius 3 is 1.32 bits per heavy atom. The number of rotatable bonds is 49. The molecule has 0 radical (unpaired) electrons. The number of carbonyl (C=O) groups excluding carboxylic acids is 2. The predicted octanol–water partition coefficient (Wildman–Crippen LogP) is 15.1. The van der Waals surface area contributed by atoms with Gasteiger partial charge in [-0.25, -0.2) is 4.79 Å². The molecule has 2 unspecified atom stereocenters. The van der Waals surface area contributed by atoms with Gasteiger partial charge in [0.1, 0.15) is 13.2 Å². The molecule has 0 aliphatic carbocycles. The lowest BCUT2D eigenvalue weighted by molar-refractivity contribution is -0.870. The first-order valence-electron chi connectivity index (χ1n) is 26.8. The van der Waals surface area contributed by atoms with Gasteiger partial charge < -0.3 is 28.5 Å². The van der Waals surface area contributed by atoms with Gasteiger partial charge in [-0.1, -0.05) is 197 Å². The van der Waals surface area contributed by atoms with E-state index < -0.39 is 24.3 Å². The van der Waals surface area contributed by atoms with Gasteiger partial charge in [0.15, 0.2) is 6.10 Å². The highest BCUT2D eigenvalue weighted by molar-refractivity contribution is 5.71. The molecule has 0 aromatic rings. The summed E-state index contributed by atoms with van der Waals surface area (Å²) in [5.74, 6) is -2.01. The number of carbonyl (C=O) groups is 3. The van der Waals surface area contributed by atoms with E-state index >= 15 is 0 Å². The van der Waals surface area contributed by atoms with E-state index in [1.54, 1.807) is 0 Å². The molecule has 65 heavy (non-hydrogen) atoms. The van der Waals surface area contributed by atoms with Gasteiger partial charge in [-0.05, 0) is 70.6 Å². The monoisotopic (exact) mass is 917 g/mol. The summed E-state index contributed by atoms with van der Waals surface area (Å²) in [6.45, 7) is 4.77. The highest BCUT2D eigenvalue weighted by Crippen LogP contribution is 2.15. The minimum Gasteiger partial charge on any atom is -0.477 e. The van der Waals surface area contributed by atoms with E-state index in [0.29, 0.717) is 23.9 Å². The number of allylic oxidation sites excluding steroid dienone is 8. The molecule has 0 amide bonds. The zero-order valence-electron chi connectivity index (χ0n) is 42.9. The largest absolute Gasteiger partial charge is 0.477 e. The number of hydrogen-bond acceptors (Lipinski definition) is 7. The van der Waals surface area contributed by atoms with Crippen LogP contribution in [0, 0.1) is 0 Å². The summed E-state index contributed by atoms with van der Waals surface area (Å²) < 4.78 is 22.8. The third-order valence-corrected chi connectivity index (χ3v) is 11.6. The van der Waals surface area contributed by atoms with Crippen molar-refractivity contribution in [1.29, 1.82) is 0 Å². The van der Waals surface area contributed by atoms with E-state index in [0.717, 1.165) is 64.2 Å². The van der Waals surface area contributed by atoms with Crippen LogP contribution >= 0.6 is 0 Å². The minimum absolute atomic E-state index is 0.185. The van der Waals surface area contributed by atoms with E-state index in [9.17, 15) is 19.5 Å². The van der Waals surface area contributed by atoms with Crippen molar-refractivity contribution in [2.45, 2.75) is 245 Å². The Kier molecular flexibility index (Phi) is 45.7. The Balaban J connectivity index is 4.28. The highest BCUT2D eigenvalue weighted by Gasteiger charge is 2.25. The molecule has 0 spiro atoms. The van der Waals surface area contributed by atoms with Crippen LogP contribution in [0.15, 0.2) is 48.6 Å². The molecule has 0 saturated heterocycles. The first-order chi connectivity index (χ1) is 31.6. The number of carboxylic acid groups (broad SMARTS) is 1. The maximum Gasteiger partial charge on any atom is 0.361 e. The molecular weight excluding hydrogens is 815 g/mol. The third kappa shape index (κ3) is 49.0. The molecule has 2 atom stereocenters. The molecule has 0 aromatic carbocycles. The smallest absolute Gasteiger partial charge is 0.361 e. The first-order valence-corrected chi connectivity index (χ1v) is 26.8. The molecule has 378 valence electrons. The summed E-state index contributed by atoms with van der Waals surface area (Å²) in [6, 6.07) is 0. The van der Waals surface area contributed by atoms with Gasteiger partial charge >= 0.3 is 17.9 Å². The van der Waals surface area contributed by atoms with Crippen LogP contribution in [0.2, 0.25) is 0 Å². The SMILES string of the molecule is CC/C=C\C/C=C\C/C=C\CCCCCCCCCC(=O)OC(COC(=O)CCCCCCCCCCCCC/C=C\CCCCCCCCCC)COC(OCC[N+](C)(C)C)C(=O)O. The number of unbranched alkanes of at least 4 members (excludes halogenated alkanes) is 26. The van der Waals surface area contributed by atoms with Crippen molar-refractivity contribution in [3.63, 3.8) is 0 Å². The standard InChI is InChI=1S/C56H101NO8/c1-6-8-10-12-14-16-18-20-22-24-25-26-27-28-29-31-32-34-36-38-40-42-44-46-53(58)63-50-52(51-64-56(55(60)61)62-49-48-57(3,4)5)65-54(59)47-45-43-41-39-37-35-33-30-23-21-19-17-15-13-11-9-7-2/h9,11,15,17,21,23-25,52,56H,6-8,10,12-14,16,18-20,22,26-51H2,1-5H3/p+1/b11-9-,17-15-,23-21-,25-24-. The molecule has 0 aliphatic rings. The Hall–Kier alpha value is -2.75. The van der Waals surface area contributed by atoms with E-state index in [-0.39, 0.29) is 32.2 Å². The van der Waals surface area contributed by atoms with Gasteiger partial charge in [0.25, 0.3) is 6.29 Å². The second-order valence-electron chi connectivity index (χ2n) is 19.2. The van der Waals surface area contributed by atoms with E-state index in [2.05, 4.69) is 62.5 Å². The van der Waals surface area contributed by atoms with Crippen LogP contribution in [0.5, 0.6) is 0 Å². The molecule has 9 heteroatoms. The number of aliphatic carboxylic acids is 1. The summed E-state index contributed by atoms with van der Waals surface area (Å²) in [4.78, 5) is 37.3. The third-order valence-electron chi connectivity index (χ3n) is 11.6. The molecule has 1 N–H and O–H groups in total. The average Bonchev–Trinajstić information content (AvgIpc) is 3.27. The van der Waals surface area contributed by atoms with Gasteiger partial charge in [0.05, 0.1) is 34.4 Å². The number of quaternary nitrogens is 1. The van der Waals surface area contributed by atoms with Gasteiger partial charge in [-0.15, -0.1) is 0 Å². The molecule has 9 nitrogen and oxygen atoms in total. The molecular formula is C56H102NO8+. The maximum atomic E-state index is 12.8. The molecule has 0 bridgehead atoms. The average molecular weight is 917 g/mol. The molecule has 0 fully saturated rings. The van der Waals surface area contributed by atoms with Crippen molar-refractivity contribution in [3.05, 3.63) is 48.6 Å². The number of ether oxygens (including phenoxy) is 4. The van der Waals surface area contributed by atoms with Gasteiger partial charge in [-0.2, -0.15) is 0 Å². The summed E-state index contributed by atoms with van der Waals surface area (Å²) in [5.41, 5.74) is 0. The van der Waals surface area contributed by atoms with Crippen LogP contribution < -0.4 is 0 Å². The molecule has 0 aromatic heterocycles. The summed E-state index contributed by atoms with van der Waals surface area (Å²) >= 11 is 0. The van der Waals surface area contributed by atoms with Crippen LogP contribution in [-0.4, -0.2) is 87.4 Å². The second-order valence-corrected chi connectivity index (χ2v) is 19.2. The molecule has 0 aliphatic heterocycles. The van der Waals surface area contributed by atoms with Crippen LogP contribution in [0.25, 0.3) is 0 Å². The number of nitrogens with zero attached hydrogens (tertiary/aromatic N) is 1. The summed E-state index contributed by atoms with van der Waals surface area (Å²) in [7, 11) is 5.96. The summed E-state index contributed by atoms with van der Waals surface area (Å²) in [5, 5.41) is 9.68. The first kappa shape index (κ1) is 62.2. The van der Waals surface area contributed by atoms with Crippen molar-refractivity contribution in [1.82, 2.24) is 0 Å². The van der Waals surface area contributed by atoms with Crippen LogP contribution in [0.3, 0.4) is 0 Å². The predicted molar refractivity (Wildman–Crippen MR) is 272 cm³/mol. The lowest BCUT2D eigenvalue weighted by Gasteiger charge is -2.25. The Labute approximate surface area is 400 Å². The normalized spacial score (nSPS) is 13.2. The Morgan fingerprint density at radius 1 is 0.477 bits per heavy atom. The zero-order valence-corrected chi connectivity index (χ0v) is 42.9. The second kappa shape index (κ2) is 47.7. The Morgan fingerprint density at radius 2 is 0.877 bits per heavy atom. The number of carboxylic acids is 1. The number of hydrogen-bond donors (Lipinski definition) is 1. The fourth-order valence-electron chi connectivity index (χ4n) is 7.43. The fraction of sp³-hybridized carbons (Fsp3) is 0.804. The highest BCUT2D eigenvalue weighted by atomic mass is 16.7. The number of likely N-dealkylation sites (N-methyl/N-ethyl adjacent to an activating group) is 1. The van der Waals surface area contributed by atoms with Crippen LogP contribution in [-0.2, 0) is 33.3 Å². The van der Waals surface area contributed by atoms with Gasteiger partial charge in [0, 0.05) is 12.8 Å². The van der Waals surface area contributed by atoms with Crippen molar-refractivity contribution >= 4 is 17.9 Å². The molecule has 0 rings (SSSR count). The van der Waals surface area contributed by atoms with Crippen molar-refractivity contribution in [3.8, 4) is 0 Å². The van der Waals surface area contributed by atoms with Crippen molar-refractivity contribution < 1.29 is 42.9 Å². The molecule has 0 heterocycles. The van der Waals surface area contributed by atoms with Crippen LogP contribution in [0.1, 0.15) is 232 Å². The topological polar surface area (TPSA) is 108 Å². The number of esters is 2. The van der Waals surface area contributed by atoms with E-state index in [1.807, 2.05) is 21.1 Å². The zero-order chi connectivity index (χ0) is 47.7. The van der Waals surface area contributed by atoms with Gasteiger partial charge in [0.2, 0.25) is 0 Å². The maximum absolute atomic E-state index is 12.8. The van der Waals surface area contributed by atoms with Crippen molar-refractivity contribution in [2.24, 2.45) is 0 Å². The Bertz CT molecular complexity index is 1210. The van der Waals surface area contributed by atoms with E-state index in [1.165, 1.54) is 135 Å². The minimum atomic E-state index is -1.51. The summed E-state index contributed by atoms with van der Waals surface area (Å²) in [6.07, 6.45) is 54.6.